The molecule has 2 aliphatic rings. The van der Waals surface area contributed by atoms with Gasteiger partial charge in [0.15, 0.2) is 12.3 Å². The number of urea groups is 2. The SMILES string of the molecule is C=CCn1c(=O)n(CCC(=O)OCCCC)c(=O)n(CCC(=O)OCCn2c(=O)n(CCO)c(=O)n(CCOCN3C(=O)N(CCO)C4C3N(COC)C(=O)N4COC)c2=O)c1=O. The van der Waals surface area contributed by atoms with Crippen molar-refractivity contribution in [2.45, 2.75) is 84.2 Å². The first-order valence-electron chi connectivity index (χ1n) is 20.0. The molecule has 0 aromatic carbocycles. The molecule has 2 aliphatic heterocycles. The molecule has 0 bridgehead atoms. The number of rotatable bonds is 27. The molecule has 0 radical (unpaired) electrons. The van der Waals surface area contributed by atoms with Crippen LogP contribution in [0.2, 0.25) is 0 Å². The number of carbonyl (C=O) groups excluding carboxylic acids is 4. The fourth-order valence-corrected chi connectivity index (χ4v) is 6.93. The van der Waals surface area contributed by atoms with E-state index in [4.69, 9.17) is 23.7 Å². The van der Waals surface area contributed by atoms with Crippen molar-refractivity contribution < 1.29 is 53.1 Å². The monoisotopic (exact) mass is 898 g/mol. The van der Waals surface area contributed by atoms with Gasteiger partial charge in [0.2, 0.25) is 0 Å². The first kappa shape index (κ1) is 49.5. The highest BCUT2D eigenvalue weighted by Gasteiger charge is 2.59. The largest absolute Gasteiger partial charge is 0.466 e. The molecule has 2 N–H and O–H groups in total. The molecule has 27 heteroatoms. The Kier molecular flexibility index (Phi) is 18.3. The van der Waals surface area contributed by atoms with Gasteiger partial charge in [-0.25, -0.2) is 65.8 Å². The van der Waals surface area contributed by atoms with Crippen LogP contribution in [0.4, 0.5) is 9.59 Å². The number of ether oxygens (including phenoxy) is 5. The van der Waals surface area contributed by atoms with Gasteiger partial charge in [-0.15, -0.1) is 6.58 Å². The molecule has 27 nitrogen and oxygen atoms in total. The molecule has 2 fully saturated rings. The fourth-order valence-electron chi connectivity index (χ4n) is 6.93. The number of amides is 4. The lowest BCUT2D eigenvalue weighted by molar-refractivity contribution is -0.145. The van der Waals surface area contributed by atoms with Crippen molar-refractivity contribution in [3.63, 3.8) is 0 Å². The van der Waals surface area contributed by atoms with Crippen LogP contribution in [0.5, 0.6) is 0 Å². The van der Waals surface area contributed by atoms with Gasteiger partial charge in [0.25, 0.3) is 0 Å². The molecule has 0 saturated carbocycles. The Labute approximate surface area is 357 Å². The molecule has 63 heavy (non-hydrogen) atoms. The molecule has 4 rings (SSSR count). The minimum atomic E-state index is -1.13. The van der Waals surface area contributed by atoms with Gasteiger partial charge in [-0.3, -0.25) is 29.2 Å². The summed E-state index contributed by atoms with van der Waals surface area (Å²) in [5, 5.41) is 19.2. The molecule has 2 aromatic heterocycles. The normalized spacial score (nSPS) is 16.0. The van der Waals surface area contributed by atoms with Crippen molar-refractivity contribution in [2.75, 3.05) is 74.0 Å². The van der Waals surface area contributed by atoms with Gasteiger partial charge < -0.3 is 33.9 Å². The number of aliphatic hydroxyl groups is 2. The first-order valence-corrected chi connectivity index (χ1v) is 20.0. The second-order valence-corrected chi connectivity index (χ2v) is 14.0. The molecule has 4 amide bonds. The van der Waals surface area contributed by atoms with Crippen molar-refractivity contribution in [2.24, 2.45) is 0 Å². The second kappa shape index (κ2) is 23.3. The Balaban J connectivity index is 1.45. The number of unbranched alkanes of at least 4 members (excludes halogenated alkanes) is 1. The Bertz CT molecular complexity index is 2320. The van der Waals surface area contributed by atoms with Crippen molar-refractivity contribution in [1.82, 2.24) is 47.0 Å². The van der Waals surface area contributed by atoms with Crippen molar-refractivity contribution in [3.05, 3.63) is 75.6 Å². The maximum Gasteiger partial charge on any atom is 0.336 e. The fraction of sp³-hybridized carbons (Fsp3) is 0.667. The Morgan fingerprint density at radius 3 is 1.44 bits per heavy atom. The Morgan fingerprint density at radius 1 is 0.556 bits per heavy atom. The highest BCUT2D eigenvalue weighted by atomic mass is 16.5. The van der Waals surface area contributed by atoms with Gasteiger partial charge in [0, 0.05) is 33.9 Å². The molecular weight excluding hydrogens is 844 g/mol. The summed E-state index contributed by atoms with van der Waals surface area (Å²) in [6.07, 6.45) is -0.109. The number of β-amino-alcohol motifs (C(OH)–C–C–N with tert-alkyl or cyclic N) is 1. The van der Waals surface area contributed by atoms with E-state index < -0.39 is 136 Å². The maximum absolute atomic E-state index is 13.5. The van der Waals surface area contributed by atoms with E-state index in [-0.39, 0.29) is 46.2 Å². The zero-order chi connectivity index (χ0) is 46.4. The van der Waals surface area contributed by atoms with Crippen molar-refractivity contribution >= 4 is 24.0 Å². The summed E-state index contributed by atoms with van der Waals surface area (Å²) in [4.78, 5) is 136. The van der Waals surface area contributed by atoms with Crippen LogP contribution in [0.1, 0.15) is 32.6 Å². The molecule has 0 spiro atoms. The summed E-state index contributed by atoms with van der Waals surface area (Å²) in [5.74, 6) is -1.64. The molecular formula is C36H54N10O17. The number of allylic oxidation sites excluding steroid dienone is 1. The average Bonchev–Trinajstić information content (AvgIpc) is 3.67. The van der Waals surface area contributed by atoms with E-state index >= 15 is 0 Å². The maximum atomic E-state index is 13.5. The molecule has 2 atom stereocenters. The summed E-state index contributed by atoms with van der Waals surface area (Å²) in [5.41, 5.74) is -6.47. The van der Waals surface area contributed by atoms with Gasteiger partial charge in [0.05, 0.1) is 65.4 Å². The minimum Gasteiger partial charge on any atom is -0.466 e. The lowest BCUT2D eigenvalue weighted by atomic mass is 10.3. The van der Waals surface area contributed by atoms with Crippen molar-refractivity contribution in [1.29, 1.82) is 0 Å². The van der Waals surface area contributed by atoms with Crippen LogP contribution in [0.15, 0.2) is 41.4 Å². The van der Waals surface area contributed by atoms with Crippen LogP contribution in [-0.2, 0) is 72.5 Å². The van der Waals surface area contributed by atoms with E-state index in [0.29, 0.717) is 33.8 Å². The predicted octanol–water partition coefficient (Wildman–Crippen LogP) is -4.50. The standard InChI is InChI=1S/C36H54N10O17/c1-5-7-19-62-25(49)8-11-39-30(52)38(10-6-2)31(53)40(32(39)54)12-9-26(50)63-21-16-43-34(56)41(14-18-48)33(55)42(35(43)57)15-20-61-24-46-28-27(37(13-17-47)29(46)51)44(22-59-3)36(58)45(28)23-60-4/h6,27-28,47-48H,2,5,7-24H2,1,3-4H3. The van der Waals surface area contributed by atoms with Crippen LogP contribution >= 0.6 is 0 Å². The first-order chi connectivity index (χ1) is 30.2. The zero-order valence-corrected chi connectivity index (χ0v) is 35.4. The minimum absolute atomic E-state index is 0.130. The molecule has 2 aromatic rings. The third-order valence-corrected chi connectivity index (χ3v) is 9.92. The third kappa shape index (κ3) is 11.1. The topological polar surface area (TPSA) is 300 Å². The summed E-state index contributed by atoms with van der Waals surface area (Å²) in [7, 11) is 2.72. The quantitative estimate of drug-likeness (QED) is 0.0485. The Morgan fingerprint density at radius 2 is 0.968 bits per heavy atom. The summed E-state index contributed by atoms with van der Waals surface area (Å²) in [6, 6.07) is -1.11. The van der Waals surface area contributed by atoms with Crippen LogP contribution in [0.25, 0.3) is 0 Å². The zero-order valence-electron chi connectivity index (χ0n) is 35.4. The predicted molar refractivity (Wildman–Crippen MR) is 214 cm³/mol. The number of esters is 2. The van der Waals surface area contributed by atoms with Gasteiger partial charge >= 0.3 is 58.1 Å². The number of carbonyl (C=O) groups is 4. The number of fused-ring (bicyclic) bond motifs is 1. The van der Waals surface area contributed by atoms with E-state index in [0.717, 1.165) is 6.42 Å². The average molecular weight is 899 g/mol. The van der Waals surface area contributed by atoms with Crippen LogP contribution < -0.4 is 34.1 Å². The summed E-state index contributed by atoms with van der Waals surface area (Å²) >= 11 is 0. The number of hydrogen-bond donors (Lipinski definition) is 2. The summed E-state index contributed by atoms with van der Waals surface area (Å²) < 4.78 is 30.1. The lowest BCUT2D eigenvalue weighted by Gasteiger charge is -2.29. The van der Waals surface area contributed by atoms with Crippen LogP contribution in [0.3, 0.4) is 0 Å². The van der Waals surface area contributed by atoms with Gasteiger partial charge in [-0.05, 0) is 6.42 Å². The van der Waals surface area contributed by atoms with E-state index in [1.807, 2.05) is 6.92 Å². The molecule has 350 valence electrons. The number of hydrogen-bond acceptors (Lipinski definition) is 17. The Hall–Kier alpha value is -6.16. The molecule has 0 aliphatic carbocycles. The van der Waals surface area contributed by atoms with Crippen LogP contribution in [-0.4, -0.2) is 168 Å². The van der Waals surface area contributed by atoms with E-state index in [9.17, 15) is 58.2 Å². The second-order valence-electron chi connectivity index (χ2n) is 14.0. The van der Waals surface area contributed by atoms with Gasteiger partial charge in [-0.1, -0.05) is 19.4 Å². The van der Waals surface area contributed by atoms with E-state index in [1.54, 1.807) is 0 Å². The molecule has 2 saturated heterocycles. The third-order valence-electron chi connectivity index (χ3n) is 9.92. The highest BCUT2D eigenvalue weighted by molar-refractivity contribution is 5.85. The molecule has 4 heterocycles. The number of nitrogens with zero attached hydrogens (tertiary/aromatic N) is 10. The van der Waals surface area contributed by atoms with Gasteiger partial charge in [0.1, 0.15) is 26.8 Å². The van der Waals surface area contributed by atoms with E-state index in [1.165, 1.54) is 39.9 Å². The number of aromatic nitrogens is 6. The highest BCUT2D eigenvalue weighted by Crippen LogP contribution is 2.34. The molecule has 2 unspecified atom stereocenters. The van der Waals surface area contributed by atoms with Crippen LogP contribution in [0, 0.1) is 0 Å². The smallest absolute Gasteiger partial charge is 0.336 e. The van der Waals surface area contributed by atoms with E-state index in [2.05, 4.69) is 6.58 Å². The van der Waals surface area contributed by atoms with Crippen molar-refractivity contribution in [3.8, 4) is 0 Å². The van der Waals surface area contributed by atoms with Gasteiger partial charge in [-0.2, -0.15) is 0 Å². The summed E-state index contributed by atoms with van der Waals surface area (Å²) in [6.45, 7) is -0.253. The number of methoxy groups -OCH3 is 2. The lowest BCUT2D eigenvalue weighted by Crippen LogP contribution is -2.55. The number of aliphatic hydroxyl groups excluding tert-OH is 2.